The molecule has 1 rings (SSSR count). The van der Waals surface area contributed by atoms with E-state index in [2.05, 4.69) is 20.9 Å². The molecule has 0 fully saturated rings. The molecule has 4 nitrogen and oxygen atoms in total. The predicted molar refractivity (Wildman–Crippen MR) is 50.4 cm³/mol. The molecule has 1 N–H and O–H groups in total. The maximum absolute atomic E-state index is 10.7. The van der Waals surface area contributed by atoms with Crippen molar-refractivity contribution in [3.05, 3.63) is 23.5 Å². The lowest BCUT2D eigenvalue weighted by atomic mass is 10.2. The van der Waals surface area contributed by atoms with Crippen molar-refractivity contribution in [3.8, 4) is 5.75 Å². The van der Waals surface area contributed by atoms with Crippen LogP contribution < -0.4 is 4.74 Å². The van der Waals surface area contributed by atoms with Crippen LogP contribution in [0.5, 0.6) is 5.75 Å². The lowest BCUT2D eigenvalue weighted by Crippen LogP contribution is -2.02. The van der Waals surface area contributed by atoms with Gasteiger partial charge in [-0.05, 0) is 6.07 Å². The summed E-state index contributed by atoms with van der Waals surface area (Å²) in [5.74, 6) is -0.737. The largest absolute Gasteiger partial charge is 0.494 e. The Morgan fingerprint density at radius 2 is 2.46 bits per heavy atom. The molecule has 0 saturated heterocycles. The van der Waals surface area contributed by atoms with Crippen LogP contribution in [-0.2, 0) is 5.33 Å². The van der Waals surface area contributed by atoms with Gasteiger partial charge in [-0.25, -0.2) is 4.79 Å². The van der Waals surface area contributed by atoms with E-state index in [4.69, 9.17) is 9.84 Å². The fraction of sp³-hybridized carbons (Fsp3) is 0.250. The number of ether oxygens (including phenoxy) is 1. The minimum absolute atomic E-state index is 0.131. The molecule has 0 spiro atoms. The Balaban J connectivity index is 3.18. The van der Waals surface area contributed by atoms with Crippen LogP contribution >= 0.6 is 15.9 Å². The number of carboxylic acid groups (broad SMARTS) is 1. The maximum Gasteiger partial charge on any atom is 0.339 e. The highest BCUT2D eigenvalue weighted by atomic mass is 79.9. The molecule has 1 aromatic heterocycles. The zero-order valence-corrected chi connectivity index (χ0v) is 8.54. The summed E-state index contributed by atoms with van der Waals surface area (Å²) in [6.45, 7) is 0. The van der Waals surface area contributed by atoms with Crippen LogP contribution in [0.25, 0.3) is 0 Å². The number of rotatable bonds is 3. The fourth-order valence-electron chi connectivity index (χ4n) is 0.889. The van der Waals surface area contributed by atoms with E-state index in [1.165, 1.54) is 19.4 Å². The van der Waals surface area contributed by atoms with Gasteiger partial charge in [-0.15, -0.1) is 0 Å². The summed E-state index contributed by atoms with van der Waals surface area (Å²) >= 11 is 3.19. The van der Waals surface area contributed by atoms with Crippen molar-refractivity contribution in [3.63, 3.8) is 0 Å². The van der Waals surface area contributed by atoms with Crippen LogP contribution in [0, 0.1) is 0 Å². The van der Waals surface area contributed by atoms with E-state index >= 15 is 0 Å². The zero-order valence-electron chi connectivity index (χ0n) is 6.95. The van der Waals surface area contributed by atoms with Gasteiger partial charge in [-0.2, -0.15) is 0 Å². The molecule has 0 aliphatic rings. The molecule has 13 heavy (non-hydrogen) atoms. The Hall–Kier alpha value is -1.10. The average molecular weight is 246 g/mol. The quantitative estimate of drug-likeness (QED) is 0.824. The monoisotopic (exact) mass is 245 g/mol. The molecular formula is C8H8BrNO3. The molecule has 1 aromatic rings. The smallest absolute Gasteiger partial charge is 0.339 e. The third-order valence-electron chi connectivity index (χ3n) is 1.51. The molecule has 5 heteroatoms. The molecule has 0 atom stereocenters. The lowest BCUT2D eigenvalue weighted by molar-refractivity contribution is 0.0693. The van der Waals surface area contributed by atoms with Gasteiger partial charge in [0.1, 0.15) is 5.56 Å². The summed E-state index contributed by atoms with van der Waals surface area (Å²) < 4.78 is 4.85. The highest BCUT2D eigenvalue weighted by molar-refractivity contribution is 9.08. The van der Waals surface area contributed by atoms with Gasteiger partial charge in [0.2, 0.25) is 0 Å². The van der Waals surface area contributed by atoms with Crippen LogP contribution in [0.15, 0.2) is 12.3 Å². The van der Waals surface area contributed by atoms with Crippen molar-refractivity contribution in [2.24, 2.45) is 0 Å². The molecule has 1 heterocycles. The second-order valence-corrected chi connectivity index (χ2v) is 2.88. The van der Waals surface area contributed by atoms with E-state index in [0.717, 1.165) is 0 Å². The number of hydrogen-bond acceptors (Lipinski definition) is 3. The Morgan fingerprint density at radius 1 is 1.77 bits per heavy atom. The summed E-state index contributed by atoms with van der Waals surface area (Å²) in [6, 6.07) is 1.48. The topological polar surface area (TPSA) is 59.4 Å². The first kappa shape index (κ1) is 9.98. The number of carbonyl (C=O) groups is 1. The third-order valence-corrected chi connectivity index (χ3v) is 2.09. The van der Waals surface area contributed by atoms with Crippen molar-refractivity contribution < 1.29 is 14.6 Å². The van der Waals surface area contributed by atoms with Crippen LogP contribution in [0.1, 0.15) is 16.1 Å². The maximum atomic E-state index is 10.7. The van der Waals surface area contributed by atoms with E-state index in [1.807, 2.05) is 0 Å². The molecule has 70 valence electrons. The van der Waals surface area contributed by atoms with Crippen molar-refractivity contribution in [1.29, 1.82) is 0 Å². The van der Waals surface area contributed by atoms with E-state index < -0.39 is 5.97 Å². The van der Waals surface area contributed by atoms with Crippen LogP contribution in [-0.4, -0.2) is 23.2 Å². The minimum Gasteiger partial charge on any atom is -0.494 e. The van der Waals surface area contributed by atoms with Gasteiger partial charge >= 0.3 is 5.97 Å². The molecule has 0 amide bonds. The highest BCUT2D eigenvalue weighted by Gasteiger charge is 2.11. The Bertz CT molecular complexity index is 327. The molecule has 0 unspecified atom stereocenters. The van der Waals surface area contributed by atoms with Crippen molar-refractivity contribution in [2.45, 2.75) is 5.33 Å². The highest BCUT2D eigenvalue weighted by Crippen LogP contribution is 2.18. The van der Waals surface area contributed by atoms with E-state index in [-0.39, 0.29) is 11.3 Å². The average Bonchev–Trinajstić information content (AvgIpc) is 2.16. The number of methoxy groups -OCH3 is 1. The number of nitrogens with zero attached hydrogens (tertiary/aromatic N) is 1. The van der Waals surface area contributed by atoms with Gasteiger partial charge in [0, 0.05) is 5.33 Å². The van der Waals surface area contributed by atoms with Gasteiger partial charge in [-0.1, -0.05) is 15.9 Å². The molecule has 0 aromatic carbocycles. The zero-order chi connectivity index (χ0) is 9.84. The van der Waals surface area contributed by atoms with Crippen LogP contribution in [0.3, 0.4) is 0 Å². The molecule has 0 saturated carbocycles. The van der Waals surface area contributed by atoms with Gasteiger partial charge in [-0.3, -0.25) is 4.98 Å². The van der Waals surface area contributed by atoms with Gasteiger partial charge in [0.15, 0.2) is 5.75 Å². The molecule has 0 aliphatic heterocycles. The van der Waals surface area contributed by atoms with Crippen molar-refractivity contribution in [1.82, 2.24) is 4.98 Å². The summed E-state index contributed by atoms with van der Waals surface area (Å²) in [5, 5.41) is 9.32. The van der Waals surface area contributed by atoms with E-state index in [9.17, 15) is 4.79 Å². The Kier molecular flexibility index (Phi) is 3.25. The first-order valence-electron chi connectivity index (χ1n) is 3.51. The third kappa shape index (κ3) is 2.18. The lowest BCUT2D eigenvalue weighted by Gasteiger charge is -2.04. The fourth-order valence-corrected chi connectivity index (χ4v) is 1.20. The molecule has 0 bridgehead atoms. The Labute approximate surface area is 83.7 Å². The normalized spacial score (nSPS) is 9.69. The minimum atomic E-state index is -1.01. The van der Waals surface area contributed by atoms with Crippen LogP contribution in [0.2, 0.25) is 0 Å². The van der Waals surface area contributed by atoms with Gasteiger partial charge in [0.25, 0.3) is 0 Å². The first-order chi connectivity index (χ1) is 6.19. The summed E-state index contributed by atoms with van der Waals surface area (Å²) in [4.78, 5) is 14.7. The summed E-state index contributed by atoms with van der Waals surface area (Å²) in [5.41, 5.74) is 0.796. The number of pyridine rings is 1. The standard InChI is InChI=1S/C8H8BrNO3/c1-13-7-4-10-5(3-9)2-6(7)8(11)12/h2,4H,3H2,1H3,(H,11,12). The number of aromatic carboxylic acids is 1. The van der Waals surface area contributed by atoms with Crippen LogP contribution in [0.4, 0.5) is 0 Å². The summed E-state index contributed by atoms with van der Waals surface area (Å²) in [6.07, 6.45) is 1.40. The van der Waals surface area contributed by atoms with Crippen molar-refractivity contribution >= 4 is 21.9 Å². The SMILES string of the molecule is COc1cnc(CBr)cc1C(=O)O. The Morgan fingerprint density at radius 3 is 2.92 bits per heavy atom. The van der Waals surface area contributed by atoms with Gasteiger partial charge in [0.05, 0.1) is 19.0 Å². The molecular weight excluding hydrogens is 238 g/mol. The first-order valence-corrected chi connectivity index (χ1v) is 4.63. The second-order valence-electron chi connectivity index (χ2n) is 2.31. The number of carboxylic acids is 1. The number of alkyl halides is 1. The number of hydrogen-bond donors (Lipinski definition) is 1. The van der Waals surface area contributed by atoms with E-state index in [0.29, 0.717) is 11.0 Å². The second kappa shape index (κ2) is 4.23. The number of aromatic nitrogens is 1. The predicted octanol–water partition coefficient (Wildman–Crippen LogP) is 1.68. The summed E-state index contributed by atoms with van der Waals surface area (Å²) in [7, 11) is 1.41. The molecule has 0 radical (unpaired) electrons. The molecule has 0 aliphatic carbocycles. The van der Waals surface area contributed by atoms with Crippen molar-refractivity contribution in [2.75, 3.05) is 7.11 Å². The number of halogens is 1. The van der Waals surface area contributed by atoms with Gasteiger partial charge < -0.3 is 9.84 Å². The van der Waals surface area contributed by atoms with E-state index in [1.54, 1.807) is 0 Å².